The molecule has 0 bridgehead atoms. The van der Waals surface area contributed by atoms with E-state index in [1.54, 1.807) is 12.2 Å². The maximum absolute atomic E-state index is 13.2. The molecule has 0 saturated carbocycles. The Labute approximate surface area is 190 Å². The number of primary amides is 1. The molecule has 1 aliphatic heterocycles. The number of amides is 3. The zero-order valence-corrected chi connectivity index (χ0v) is 18.4. The molecule has 168 valence electrons. The van der Waals surface area contributed by atoms with Gasteiger partial charge in [-0.1, -0.05) is 24.3 Å². The van der Waals surface area contributed by atoms with Crippen LogP contribution in [0.2, 0.25) is 0 Å². The SMILES string of the molecule is CC1=C(C(N)=O)C(=O)N(c2ccc(C(=O)O)cc2)C(=O)/C1=C\C=Cc1ccc(N(C)C)cc1. The van der Waals surface area contributed by atoms with E-state index in [0.717, 1.165) is 16.2 Å². The molecule has 8 nitrogen and oxygen atoms in total. The number of rotatable bonds is 6. The number of carbonyl (C=O) groups excluding carboxylic acids is 3. The molecule has 3 amide bonds. The summed E-state index contributed by atoms with van der Waals surface area (Å²) < 4.78 is 0. The fourth-order valence-corrected chi connectivity index (χ4v) is 3.39. The Kier molecular flexibility index (Phi) is 6.58. The molecule has 0 unspecified atom stereocenters. The van der Waals surface area contributed by atoms with Crippen molar-refractivity contribution in [3.05, 3.63) is 88.5 Å². The third-order valence-corrected chi connectivity index (χ3v) is 5.21. The largest absolute Gasteiger partial charge is 0.478 e. The van der Waals surface area contributed by atoms with Crippen molar-refractivity contribution in [2.24, 2.45) is 5.73 Å². The second kappa shape index (κ2) is 9.35. The van der Waals surface area contributed by atoms with Gasteiger partial charge < -0.3 is 15.7 Å². The Hall–Kier alpha value is -4.46. The van der Waals surface area contributed by atoms with Crippen LogP contribution in [-0.4, -0.2) is 42.9 Å². The van der Waals surface area contributed by atoms with Gasteiger partial charge in [-0.3, -0.25) is 14.4 Å². The molecular weight excluding hydrogens is 422 g/mol. The predicted molar refractivity (Wildman–Crippen MR) is 126 cm³/mol. The van der Waals surface area contributed by atoms with E-state index in [9.17, 15) is 19.2 Å². The molecule has 0 radical (unpaired) electrons. The van der Waals surface area contributed by atoms with Crippen molar-refractivity contribution in [2.75, 3.05) is 23.9 Å². The highest BCUT2D eigenvalue weighted by molar-refractivity contribution is 6.37. The molecule has 1 aliphatic rings. The highest BCUT2D eigenvalue weighted by Crippen LogP contribution is 2.30. The van der Waals surface area contributed by atoms with Crippen molar-refractivity contribution in [1.29, 1.82) is 0 Å². The Morgan fingerprint density at radius 2 is 1.58 bits per heavy atom. The predicted octanol–water partition coefficient (Wildman–Crippen LogP) is 2.77. The van der Waals surface area contributed by atoms with E-state index in [-0.39, 0.29) is 28.0 Å². The lowest BCUT2D eigenvalue weighted by atomic mass is 9.93. The Morgan fingerprint density at radius 1 is 0.970 bits per heavy atom. The number of allylic oxidation sites excluding steroid dienone is 2. The van der Waals surface area contributed by atoms with Crippen LogP contribution >= 0.6 is 0 Å². The van der Waals surface area contributed by atoms with Gasteiger partial charge in [0, 0.05) is 25.4 Å². The molecule has 0 spiro atoms. The van der Waals surface area contributed by atoms with Gasteiger partial charge in [-0.05, 0) is 60.5 Å². The Balaban J connectivity index is 2.00. The smallest absolute Gasteiger partial charge is 0.335 e. The first-order valence-electron chi connectivity index (χ1n) is 10.0. The molecule has 0 fully saturated rings. The summed E-state index contributed by atoms with van der Waals surface area (Å²) in [5, 5.41) is 9.08. The van der Waals surface area contributed by atoms with Crippen molar-refractivity contribution < 1.29 is 24.3 Å². The van der Waals surface area contributed by atoms with Crippen molar-refractivity contribution >= 4 is 41.1 Å². The molecule has 33 heavy (non-hydrogen) atoms. The minimum atomic E-state index is -1.14. The highest BCUT2D eigenvalue weighted by atomic mass is 16.4. The van der Waals surface area contributed by atoms with Crippen molar-refractivity contribution in [2.45, 2.75) is 6.92 Å². The lowest BCUT2D eigenvalue weighted by molar-refractivity contribution is -0.125. The first kappa shape index (κ1) is 23.2. The van der Waals surface area contributed by atoms with Crippen molar-refractivity contribution in [3.63, 3.8) is 0 Å². The summed E-state index contributed by atoms with van der Waals surface area (Å²) in [6, 6.07) is 13.0. The first-order valence-corrected chi connectivity index (χ1v) is 10.0. The number of imide groups is 1. The van der Waals surface area contributed by atoms with Gasteiger partial charge in [0.25, 0.3) is 17.7 Å². The summed E-state index contributed by atoms with van der Waals surface area (Å²) in [4.78, 5) is 52.0. The number of nitrogens with zero attached hydrogens (tertiary/aromatic N) is 2. The van der Waals surface area contributed by atoms with Crippen molar-refractivity contribution in [1.82, 2.24) is 0 Å². The minimum absolute atomic E-state index is 0.00325. The highest BCUT2D eigenvalue weighted by Gasteiger charge is 2.38. The van der Waals surface area contributed by atoms with E-state index in [4.69, 9.17) is 10.8 Å². The maximum Gasteiger partial charge on any atom is 0.335 e. The fourth-order valence-electron chi connectivity index (χ4n) is 3.39. The molecule has 3 rings (SSSR count). The van der Waals surface area contributed by atoms with Gasteiger partial charge in [-0.2, -0.15) is 0 Å². The second-order valence-electron chi connectivity index (χ2n) is 7.59. The van der Waals surface area contributed by atoms with Gasteiger partial charge in [0.15, 0.2) is 0 Å². The van der Waals surface area contributed by atoms with Crippen LogP contribution in [0.1, 0.15) is 22.8 Å². The van der Waals surface area contributed by atoms with E-state index >= 15 is 0 Å². The summed E-state index contributed by atoms with van der Waals surface area (Å²) in [5.74, 6) is -3.59. The van der Waals surface area contributed by atoms with E-state index in [1.807, 2.05) is 43.3 Å². The average molecular weight is 445 g/mol. The number of hydrogen-bond donors (Lipinski definition) is 2. The summed E-state index contributed by atoms with van der Waals surface area (Å²) in [6.07, 6.45) is 4.96. The molecule has 0 aliphatic carbocycles. The Morgan fingerprint density at radius 3 is 2.09 bits per heavy atom. The van der Waals surface area contributed by atoms with Gasteiger partial charge in [0.2, 0.25) is 0 Å². The van der Waals surface area contributed by atoms with Crippen LogP contribution in [0.15, 0.2) is 77.4 Å². The van der Waals surface area contributed by atoms with Gasteiger partial charge in [-0.25, -0.2) is 9.69 Å². The number of carbonyl (C=O) groups is 4. The average Bonchev–Trinajstić information content (AvgIpc) is 2.76. The normalized spacial score (nSPS) is 15.5. The van der Waals surface area contributed by atoms with E-state index in [2.05, 4.69) is 0 Å². The number of anilines is 2. The van der Waals surface area contributed by atoms with E-state index in [0.29, 0.717) is 0 Å². The molecule has 2 aromatic rings. The zero-order valence-electron chi connectivity index (χ0n) is 18.4. The van der Waals surface area contributed by atoms with Gasteiger partial charge in [0.05, 0.1) is 11.3 Å². The summed E-state index contributed by atoms with van der Waals surface area (Å²) >= 11 is 0. The number of carboxylic acid groups (broad SMARTS) is 1. The maximum atomic E-state index is 13.2. The monoisotopic (exact) mass is 445 g/mol. The number of aromatic carboxylic acids is 1. The second-order valence-corrected chi connectivity index (χ2v) is 7.59. The molecule has 1 heterocycles. The number of nitrogens with two attached hydrogens (primary N) is 1. The number of carboxylic acids is 1. The Bertz CT molecular complexity index is 1220. The zero-order chi connectivity index (χ0) is 24.3. The third kappa shape index (κ3) is 4.74. The molecule has 8 heteroatoms. The van der Waals surface area contributed by atoms with Crippen LogP contribution in [0, 0.1) is 0 Å². The molecular formula is C25H23N3O5. The van der Waals surface area contributed by atoms with E-state index < -0.39 is 23.7 Å². The lowest BCUT2D eigenvalue weighted by Crippen LogP contribution is -2.46. The lowest BCUT2D eigenvalue weighted by Gasteiger charge is -2.28. The minimum Gasteiger partial charge on any atom is -0.478 e. The van der Waals surface area contributed by atoms with Crippen LogP contribution < -0.4 is 15.5 Å². The molecule has 2 aromatic carbocycles. The number of benzene rings is 2. The van der Waals surface area contributed by atoms with Crippen LogP contribution in [0.3, 0.4) is 0 Å². The fraction of sp³-hybridized carbons (Fsp3) is 0.120. The summed E-state index contributed by atoms with van der Waals surface area (Å²) in [5.41, 5.74) is 7.52. The van der Waals surface area contributed by atoms with Gasteiger partial charge >= 0.3 is 5.97 Å². The topological polar surface area (TPSA) is 121 Å². The summed E-state index contributed by atoms with van der Waals surface area (Å²) in [7, 11) is 3.88. The summed E-state index contributed by atoms with van der Waals surface area (Å²) in [6.45, 7) is 1.49. The van der Waals surface area contributed by atoms with E-state index in [1.165, 1.54) is 37.3 Å². The van der Waals surface area contributed by atoms with Crippen LogP contribution in [0.5, 0.6) is 0 Å². The van der Waals surface area contributed by atoms with Crippen LogP contribution in [0.4, 0.5) is 11.4 Å². The quantitative estimate of drug-likeness (QED) is 0.401. The first-order chi connectivity index (χ1) is 15.6. The molecule has 0 aromatic heterocycles. The molecule has 3 N–H and O–H groups in total. The standard InChI is InChI=1S/C25H23N3O5/c1-15-20(6-4-5-16-7-11-18(12-8-16)27(2)3)23(30)28(24(31)21(15)22(26)29)19-13-9-17(10-14-19)25(32)33/h4-14H,1-3H3,(H2,26,29)(H,32,33)/b5-4?,20-6-. The van der Waals surface area contributed by atoms with Gasteiger partial charge in [-0.15, -0.1) is 0 Å². The third-order valence-electron chi connectivity index (χ3n) is 5.21. The van der Waals surface area contributed by atoms with Crippen LogP contribution in [-0.2, 0) is 14.4 Å². The number of hydrogen-bond acceptors (Lipinski definition) is 5. The molecule has 0 atom stereocenters. The van der Waals surface area contributed by atoms with Gasteiger partial charge in [0.1, 0.15) is 5.57 Å². The van der Waals surface area contributed by atoms with Crippen molar-refractivity contribution in [3.8, 4) is 0 Å². The van der Waals surface area contributed by atoms with Crippen LogP contribution in [0.25, 0.3) is 6.08 Å². The molecule has 0 saturated heterocycles.